The Morgan fingerprint density at radius 3 is 2.32 bits per heavy atom. The van der Waals surface area contributed by atoms with Crippen molar-refractivity contribution in [1.82, 2.24) is 9.62 Å². The highest BCUT2D eigenvalue weighted by Gasteiger charge is 2.36. The number of sulfonamides is 1. The Morgan fingerprint density at radius 1 is 1.16 bits per heavy atom. The van der Waals surface area contributed by atoms with Gasteiger partial charge in [-0.2, -0.15) is 0 Å². The van der Waals surface area contributed by atoms with E-state index in [4.69, 9.17) is 5.73 Å². The fourth-order valence-electron chi connectivity index (χ4n) is 3.01. The maximum absolute atomic E-state index is 12.3. The van der Waals surface area contributed by atoms with Gasteiger partial charge in [-0.3, -0.25) is 0 Å². The summed E-state index contributed by atoms with van der Waals surface area (Å²) in [6, 6.07) is 6.39. The fourth-order valence-corrected chi connectivity index (χ4v) is 4.31. The number of nitrogen functional groups attached to an aromatic ring is 1. The zero-order chi connectivity index (χ0) is 13.5. The Bertz CT molecular complexity index is 548. The lowest BCUT2D eigenvalue weighted by Gasteiger charge is -2.44. The quantitative estimate of drug-likeness (QED) is 0.797. The molecule has 0 radical (unpaired) electrons. The molecule has 4 rings (SSSR count). The van der Waals surface area contributed by atoms with E-state index in [1.54, 1.807) is 24.3 Å². The Hall–Kier alpha value is -1.11. The van der Waals surface area contributed by atoms with Gasteiger partial charge in [-0.25, -0.2) is 13.1 Å². The van der Waals surface area contributed by atoms with Gasteiger partial charge in [0, 0.05) is 18.3 Å². The molecule has 19 heavy (non-hydrogen) atoms. The summed E-state index contributed by atoms with van der Waals surface area (Å²) in [6.45, 7) is 3.04. The summed E-state index contributed by atoms with van der Waals surface area (Å²) in [5, 5.41) is 0. The molecule has 3 N–H and O–H groups in total. The molecule has 0 saturated carbocycles. The van der Waals surface area contributed by atoms with Gasteiger partial charge >= 0.3 is 0 Å². The van der Waals surface area contributed by atoms with Crippen molar-refractivity contribution in [1.29, 1.82) is 0 Å². The number of nitrogens with zero attached hydrogens (tertiary/aromatic N) is 1. The summed E-state index contributed by atoms with van der Waals surface area (Å²) in [4.78, 5) is 2.62. The van der Waals surface area contributed by atoms with Crippen LogP contribution in [0, 0.1) is 5.92 Å². The van der Waals surface area contributed by atoms with Crippen LogP contribution in [0.15, 0.2) is 29.2 Å². The average Bonchev–Trinajstić information content (AvgIpc) is 2.40. The summed E-state index contributed by atoms with van der Waals surface area (Å²) in [7, 11) is -3.43. The highest BCUT2D eigenvalue weighted by atomic mass is 32.2. The summed E-state index contributed by atoms with van der Waals surface area (Å²) >= 11 is 0. The first kappa shape index (κ1) is 12.9. The lowest BCUT2D eigenvalue weighted by Crippen LogP contribution is -2.57. The van der Waals surface area contributed by atoms with Crippen molar-refractivity contribution in [3.63, 3.8) is 0 Å². The van der Waals surface area contributed by atoms with Crippen molar-refractivity contribution in [2.24, 2.45) is 5.92 Å². The minimum absolute atomic E-state index is 0.0463. The molecule has 1 aromatic carbocycles. The Morgan fingerprint density at radius 2 is 1.79 bits per heavy atom. The first-order valence-electron chi connectivity index (χ1n) is 6.65. The van der Waals surface area contributed by atoms with Crippen LogP contribution >= 0.6 is 0 Å². The molecule has 3 aliphatic heterocycles. The molecule has 0 unspecified atom stereocenters. The standard InChI is InChI=1S/C13H19N3O2S/c14-11-1-3-12(4-2-11)19(17,18)15-13-9-16-7-5-10(13)6-8-16/h1-4,10,13,15H,5-9,14H2/t13-/m0/s1. The Kier molecular flexibility index (Phi) is 3.24. The molecule has 3 fully saturated rings. The molecule has 1 atom stereocenters. The van der Waals surface area contributed by atoms with Crippen LogP contribution in [0.1, 0.15) is 12.8 Å². The van der Waals surface area contributed by atoms with Gasteiger partial charge in [-0.05, 0) is 56.1 Å². The molecule has 0 aliphatic carbocycles. The van der Waals surface area contributed by atoms with Crippen LogP contribution in [0.5, 0.6) is 0 Å². The normalized spacial score (nSPS) is 30.4. The highest BCUT2D eigenvalue weighted by Crippen LogP contribution is 2.28. The number of benzene rings is 1. The van der Waals surface area contributed by atoms with Crippen molar-refractivity contribution >= 4 is 15.7 Å². The van der Waals surface area contributed by atoms with E-state index in [0.717, 1.165) is 32.5 Å². The Balaban J connectivity index is 1.76. The third-order valence-electron chi connectivity index (χ3n) is 4.15. The van der Waals surface area contributed by atoms with E-state index in [9.17, 15) is 8.42 Å². The molecule has 3 heterocycles. The number of rotatable bonds is 3. The molecule has 0 amide bonds. The lowest BCUT2D eigenvalue weighted by atomic mass is 9.85. The van der Waals surface area contributed by atoms with E-state index in [-0.39, 0.29) is 10.9 Å². The zero-order valence-electron chi connectivity index (χ0n) is 10.7. The number of fused-ring (bicyclic) bond motifs is 3. The van der Waals surface area contributed by atoms with Gasteiger partial charge in [0.1, 0.15) is 0 Å². The number of piperidine rings is 3. The van der Waals surface area contributed by atoms with Crippen LogP contribution in [0.3, 0.4) is 0 Å². The molecule has 6 heteroatoms. The van der Waals surface area contributed by atoms with E-state index < -0.39 is 10.0 Å². The summed E-state index contributed by atoms with van der Waals surface area (Å²) < 4.78 is 27.5. The van der Waals surface area contributed by atoms with E-state index >= 15 is 0 Å². The zero-order valence-corrected chi connectivity index (χ0v) is 11.6. The molecule has 3 saturated heterocycles. The van der Waals surface area contributed by atoms with Crippen molar-refractivity contribution in [2.75, 3.05) is 25.4 Å². The molecule has 5 nitrogen and oxygen atoms in total. The minimum Gasteiger partial charge on any atom is -0.399 e. The van der Waals surface area contributed by atoms with Gasteiger partial charge in [0.25, 0.3) is 0 Å². The van der Waals surface area contributed by atoms with Gasteiger partial charge in [0.05, 0.1) is 4.90 Å². The second kappa shape index (κ2) is 4.77. The minimum atomic E-state index is -3.43. The second-order valence-electron chi connectivity index (χ2n) is 5.43. The SMILES string of the molecule is Nc1ccc(S(=O)(=O)N[C@H]2CN3CCC2CC3)cc1. The molecule has 3 aliphatic rings. The van der Waals surface area contributed by atoms with Crippen LogP contribution in [-0.2, 0) is 10.0 Å². The predicted octanol–water partition coefficient (Wildman–Crippen LogP) is 0.641. The van der Waals surface area contributed by atoms with Crippen molar-refractivity contribution in [3.8, 4) is 0 Å². The monoisotopic (exact) mass is 281 g/mol. The largest absolute Gasteiger partial charge is 0.399 e. The number of nitrogens with one attached hydrogen (secondary N) is 1. The number of anilines is 1. The molecule has 2 bridgehead atoms. The van der Waals surface area contributed by atoms with E-state index in [1.165, 1.54) is 0 Å². The van der Waals surface area contributed by atoms with Gasteiger partial charge in [-0.1, -0.05) is 0 Å². The van der Waals surface area contributed by atoms with Crippen LogP contribution < -0.4 is 10.5 Å². The number of nitrogens with two attached hydrogens (primary N) is 1. The Labute approximate surface area is 113 Å². The van der Waals surface area contributed by atoms with E-state index in [1.807, 2.05) is 0 Å². The molecular weight excluding hydrogens is 262 g/mol. The van der Waals surface area contributed by atoms with Gasteiger partial charge in [0.15, 0.2) is 0 Å². The van der Waals surface area contributed by atoms with E-state index in [2.05, 4.69) is 9.62 Å². The van der Waals surface area contributed by atoms with Crippen molar-refractivity contribution < 1.29 is 8.42 Å². The van der Waals surface area contributed by atoms with Crippen LogP contribution in [0.4, 0.5) is 5.69 Å². The summed E-state index contributed by atoms with van der Waals surface area (Å²) in [6.07, 6.45) is 2.18. The first-order valence-corrected chi connectivity index (χ1v) is 8.13. The predicted molar refractivity (Wildman–Crippen MR) is 74.1 cm³/mol. The van der Waals surface area contributed by atoms with Crippen LogP contribution in [0.25, 0.3) is 0 Å². The fraction of sp³-hybridized carbons (Fsp3) is 0.538. The highest BCUT2D eigenvalue weighted by molar-refractivity contribution is 7.89. The van der Waals surface area contributed by atoms with Crippen molar-refractivity contribution in [2.45, 2.75) is 23.8 Å². The van der Waals surface area contributed by atoms with Crippen LogP contribution in [-0.4, -0.2) is 39.0 Å². The molecule has 104 valence electrons. The lowest BCUT2D eigenvalue weighted by molar-refractivity contribution is 0.0827. The van der Waals surface area contributed by atoms with Gasteiger partial charge < -0.3 is 10.6 Å². The third kappa shape index (κ3) is 2.61. The maximum Gasteiger partial charge on any atom is 0.240 e. The average molecular weight is 281 g/mol. The topological polar surface area (TPSA) is 75.4 Å². The smallest absolute Gasteiger partial charge is 0.240 e. The van der Waals surface area contributed by atoms with E-state index in [0.29, 0.717) is 11.6 Å². The first-order chi connectivity index (χ1) is 9.04. The van der Waals surface area contributed by atoms with Crippen molar-refractivity contribution in [3.05, 3.63) is 24.3 Å². The summed E-state index contributed by atoms with van der Waals surface area (Å²) in [5.41, 5.74) is 6.15. The molecule has 0 spiro atoms. The van der Waals surface area contributed by atoms with Crippen LogP contribution in [0.2, 0.25) is 0 Å². The van der Waals surface area contributed by atoms with Gasteiger partial charge in [0.2, 0.25) is 10.0 Å². The number of hydrogen-bond donors (Lipinski definition) is 2. The number of hydrogen-bond acceptors (Lipinski definition) is 4. The second-order valence-corrected chi connectivity index (χ2v) is 7.15. The molecule has 1 aromatic rings. The molecular formula is C13H19N3O2S. The summed E-state index contributed by atoms with van der Waals surface area (Å²) in [5.74, 6) is 0.480. The molecule has 0 aromatic heterocycles. The maximum atomic E-state index is 12.3. The third-order valence-corrected chi connectivity index (χ3v) is 5.66. The van der Waals surface area contributed by atoms with Gasteiger partial charge in [-0.15, -0.1) is 0 Å².